The molecule has 1 aromatic heterocycles. The van der Waals surface area contributed by atoms with E-state index in [1.54, 1.807) is 11.3 Å². The molecule has 28 heavy (non-hydrogen) atoms. The molecule has 1 atom stereocenters. The molecule has 146 valence electrons. The van der Waals surface area contributed by atoms with Crippen molar-refractivity contribution in [2.75, 3.05) is 13.2 Å². The Kier molecular flexibility index (Phi) is 7.38. The summed E-state index contributed by atoms with van der Waals surface area (Å²) in [7, 11) is 0. The van der Waals surface area contributed by atoms with E-state index in [0.717, 1.165) is 10.4 Å². The van der Waals surface area contributed by atoms with Crippen LogP contribution in [0.25, 0.3) is 6.08 Å². The van der Waals surface area contributed by atoms with E-state index >= 15 is 0 Å². The smallest absolute Gasteiger partial charge is 0.266 e. The van der Waals surface area contributed by atoms with E-state index in [1.165, 1.54) is 16.7 Å². The highest BCUT2D eigenvalue weighted by atomic mass is 32.2. The zero-order chi connectivity index (χ0) is 19.9. The molecule has 5 nitrogen and oxygen atoms in total. The first kappa shape index (κ1) is 20.7. The molecular weight excluding hydrogens is 412 g/mol. The van der Waals surface area contributed by atoms with Crippen LogP contribution in [0.4, 0.5) is 0 Å². The Morgan fingerprint density at radius 3 is 2.71 bits per heavy atom. The first-order valence-corrected chi connectivity index (χ1v) is 10.9. The van der Waals surface area contributed by atoms with Gasteiger partial charge in [0.15, 0.2) is 0 Å². The van der Waals surface area contributed by atoms with Crippen LogP contribution >= 0.6 is 35.3 Å². The number of hydrogen-bond donors (Lipinski definition) is 2. The van der Waals surface area contributed by atoms with Crippen molar-refractivity contribution >= 4 is 57.5 Å². The molecule has 1 unspecified atom stereocenters. The van der Waals surface area contributed by atoms with Crippen molar-refractivity contribution in [3.05, 3.63) is 63.2 Å². The highest BCUT2D eigenvalue weighted by molar-refractivity contribution is 8.26. The summed E-state index contributed by atoms with van der Waals surface area (Å²) in [6, 6.07) is 13.2. The fourth-order valence-electron chi connectivity index (χ4n) is 2.77. The van der Waals surface area contributed by atoms with E-state index in [9.17, 15) is 14.7 Å². The third kappa shape index (κ3) is 5.51. The Balaban J connectivity index is 1.52. The summed E-state index contributed by atoms with van der Waals surface area (Å²) >= 11 is 8.11. The lowest BCUT2D eigenvalue weighted by Crippen LogP contribution is -2.41. The van der Waals surface area contributed by atoms with Gasteiger partial charge in [0.05, 0.1) is 17.6 Å². The molecule has 1 saturated heterocycles. The number of aliphatic hydroxyl groups is 1. The summed E-state index contributed by atoms with van der Waals surface area (Å²) in [4.78, 5) is 27.9. The number of nitrogens with one attached hydrogen (secondary N) is 1. The number of benzene rings is 1. The zero-order valence-electron chi connectivity index (χ0n) is 15.0. The molecule has 0 radical (unpaired) electrons. The van der Waals surface area contributed by atoms with Gasteiger partial charge in [-0.2, -0.15) is 0 Å². The van der Waals surface area contributed by atoms with Gasteiger partial charge in [0.25, 0.3) is 5.91 Å². The first-order valence-electron chi connectivity index (χ1n) is 8.80. The maximum absolute atomic E-state index is 12.6. The Bertz CT molecular complexity index is 866. The minimum atomic E-state index is -0.361. The van der Waals surface area contributed by atoms with E-state index in [-0.39, 0.29) is 37.4 Å². The van der Waals surface area contributed by atoms with Crippen LogP contribution in [0.15, 0.2) is 52.7 Å². The van der Waals surface area contributed by atoms with Gasteiger partial charge in [0.1, 0.15) is 4.32 Å². The Morgan fingerprint density at radius 1 is 1.25 bits per heavy atom. The molecule has 8 heteroatoms. The molecule has 1 fully saturated rings. The lowest BCUT2D eigenvalue weighted by atomic mass is 10.1. The van der Waals surface area contributed by atoms with Crippen molar-refractivity contribution in [1.29, 1.82) is 0 Å². The molecule has 2 amide bonds. The van der Waals surface area contributed by atoms with Crippen LogP contribution in [0.5, 0.6) is 0 Å². The molecule has 0 saturated carbocycles. The highest BCUT2D eigenvalue weighted by Gasteiger charge is 2.32. The van der Waals surface area contributed by atoms with Crippen LogP contribution in [0.3, 0.4) is 0 Å². The summed E-state index contributed by atoms with van der Waals surface area (Å²) in [6.45, 7) is 0.0764. The van der Waals surface area contributed by atoms with Gasteiger partial charge in [0.2, 0.25) is 5.91 Å². The van der Waals surface area contributed by atoms with E-state index in [1.807, 2.05) is 53.9 Å². The van der Waals surface area contributed by atoms with Crippen molar-refractivity contribution < 1.29 is 14.7 Å². The Labute approximate surface area is 177 Å². The fourth-order valence-corrected chi connectivity index (χ4v) is 4.80. The number of carbonyl (C=O) groups excluding carboxylic acids is 2. The van der Waals surface area contributed by atoms with Gasteiger partial charge in [-0.25, -0.2) is 0 Å². The van der Waals surface area contributed by atoms with Gasteiger partial charge in [-0.1, -0.05) is 60.4 Å². The maximum Gasteiger partial charge on any atom is 0.266 e. The molecule has 2 heterocycles. The van der Waals surface area contributed by atoms with Gasteiger partial charge >= 0.3 is 0 Å². The number of aliphatic hydroxyl groups excluding tert-OH is 1. The van der Waals surface area contributed by atoms with Gasteiger partial charge < -0.3 is 10.4 Å². The van der Waals surface area contributed by atoms with Crippen LogP contribution in [-0.2, 0) is 16.0 Å². The van der Waals surface area contributed by atoms with Crippen molar-refractivity contribution in [2.45, 2.75) is 18.9 Å². The predicted octanol–water partition coefficient (Wildman–Crippen LogP) is 3.06. The van der Waals surface area contributed by atoms with E-state index < -0.39 is 0 Å². The molecule has 2 N–H and O–H groups in total. The molecule has 2 aromatic rings. The largest absolute Gasteiger partial charge is 0.394 e. The predicted molar refractivity (Wildman–Crippen MR) is 118 cm³/mol. The molecule has 0 bridgehead atoms. The van der Waals surface area contributed by atoms with Gasteiger partial charge in [-0.15, -0.1) is 11.3 Å². The van der Waals surface area contributed by atoms with Gasteiger partial charge in [-0.05, 0) is 29.5 Å². The molecular formula is C20H20N2O3S3. The minimum absolute atomic E-state index is 0.129. The summed E-state index contributed by atoms with van der Waals surface area (Å²) in [5.41, 5.74) is 1.04. The highest BCUT2D eigenvalue weighted by Crippen LogP contribution is 2.33. The van der Waals surface area contributed by atoms with Crippen LogP contribution in [0.2, 0.25) is 0 Å². The molecule has 0 spiro atoms. The lowest BCUT2D eigenvalue weighted by molar-refractivity contribution is -0.124. The third-order valence-corrected chi connectivity index (χ3v) is 6.36. The second kappa shape index (κ2) is 9.97. The minimum Gasteiger partial charge on any atom is -0.394 e. The van der Waals surface area contributed by atoms with Gasteiger partial charge in [-0.3, -0.25) is 14.5 Å². The number of thioether (sulfide) groups is 1. The number of amides is 2. The second-order valence-corrected chi connectivity index (χ2v) is 8.89. The van der Waals surface area contributed by atoms with E-state index in [4.69, 9.17) is 12.2 Å². The Morgan fingerprint density at radius 2 is 2.04 bits per heavy atom. The molecule has 1 aromatic carbocycles. The summed E-state index contributed by atoms with van der Waals surface area (Å²) in [5.74, 6) is -0.384. The summed E-state index contributed by atoms with van der Waals surface area (Å²) in [5, 5.41) is 14.3. The molecule has 1 aliphatic rings. The number of nitrogens with zero attached hydrogens (tertiary/aromatic N) is 1. The summed E-state index contributed by atoms with van der Waals surface area (Å²) < 4.78 is 0.462. The number of thiocarbonyl (C=S) groups is 1. The zero-order valence-corrected chi connectivity index (χ0v) is 17.5. The lowest BCUT2D eigenvalue weighted by Gasteiger charge is -2.18. The standard InChI is InChI=1S/C20H20N2O3S3/c23-13-15(11-14-5-2-1-3-6-14)21-18(24)8-9-22-19(25)17(28-20(22)26)12-16-7-4-10-27-16/h1-7,10,12,15,23H,8-9,11,13H2,(H,21,24). The fraction of sp³-hybridized carbons (Fsp3) is 0.250. The van der Waals surface area contributed by atoms with E-state index in [0.29, 0.717) is 15.6 Å². The third-order valence-electron chi connectivity index (χ3n) is 4.16. The quantitative estimate of drug-likeness (QED) is 0.496. The summed E-state index contributed by atoms with van der Waals surface area (Å²) in [6.07, 6.45) is 2.50. The van der Waals surface area contributed by atoms with Crippen LogP contribution in [0.1, 0.15) is 16.9 Å². The topological polar surface area (TPSA) is 69.6 Å². The normalized spacial score (nSPS) is 16.6. The monoisotopic (exact) mass is 432 g/mol. The Hall–Kier alpha value is -2.00. The van der Waals surface area contributed by atoms with Crippen LogP contribution in [-0.4, -0.2) is 45.3 Å². The van der Waals surface area contributed by atoms with Crippen molar-refractivity contribution in [3.8, 4) is 0 Å². The SMILES string of the molecule is O=C(CCN1C(=O)C(=Cc2cccs2)SC1=S)NC(CO)Cc1ccccc1. The second-order valence-electron chi connectivity index (χ2n) is 6.24. The average Bonchev–Trinajstić information content (AvgIpc) is 3.29. The number of rotatable bonds is 8. The van der Waals surface area contributed by atoms with Crippen molar-refractivity contribution in [3.63, 3.8) is 0 Å². The van der Waals surface area contributed by atoms with Crippen molar-refractivity contribution in [2.24, 2.45) is 0 Å². The molecule has 1 aliphatic heterocycles. The maximum atomic E-state index is 12.6. The van der Waals surface area contributed by atoms with Crippen LogP contribution in [0, 0.1) is 0 Å². The number of carbonyl (C=O) groups is 2. The van der Waals surface area contributed by atoms with Crippen LogP contribution < -0.4 is 5.32 Å². The molecule has 3 rings (SSSR count). The number of thiophene rings is 1. The van der Waals surface area contributed by atoms with E-state index in [2.05, 4.69) is 5.32 Å². The average molecular weight is 433 g/mol. The van der Waals surface area contributed by atoms with Gasteiger partial charge in [0, 0.05) is 17.8 Å². The number of hydrogen-bond acceptors (Lipinski definition) is 6. The van der Waals surface area contributed by atoms with Crippen molar-refractivity contribution in [1.82, 2.24) is 10.2 Å². The molecule has 0 aliphatic carbocycles. The first-order chi connectivity index (χ1) is 13.6.